The standard InChI is InChI=1S/C37H38N6O3S/c1-25-20-34-38-23-30-21-33(27-8-4-3-5-9-27)35(40-36(30)43(34)41-25)28-14-12-26(13-15-28)24-42-18-16-29(17-19-42)37(44)39-31-10-6-7-11-32(22-31)47(2,45)46/h3-5,8-9,11-15,20-23,29H,6-7,10,16-19,24H2,1-2H3,(H,39,44). The molecule has 0 atom stereocenters. The Morgan fingerprint density at radius 1 is 1.00 bits per heavy atom. The van der Waals surface area contributed by atoms with Crippen molar-refractivity contribution in [3.05, 3.63) is 107 Å². The third-order valence-electron chi connectivity index (χ3n) is 9.08. The number of benzene rings is 2. The van der Waals surface area contributed by atoms with Crippen LogP contribution in [0.25, 0.3) is 39.1 Å². The van der Waals surface area contributed by atoms with Gasteiger partial charge in [-0.05, 0) is 75.4 Å². The summed E-state index contributed by atoms with van der Waals surface area (Å²) < 4.78 is 26.0. The molecule has 0 spiro atoms. The Hall–Kier alpha value is -4.67. The maximum atomic E-state index is 13.1. The number of likely N-dealkylation sites (tertiary alicyclic amines) is 1. The van der Waals surface area contributed by atoms with E-state index >= 15 is 0 Å². The van der Waals surface area contributed by atoms with Crippen LogP contribution < -0.4 is 5.32 Å². The largest absolute Gasteiger partial charge is 0.330 e. The van der Waals surface area contributed by atoms with Crippen molar-refractivity contribution in [1.29, 1.82) is 0 Å². The summed E-state index contributed by atoms with van der Waals surface area (Å²) in [4.78, 5) is 25.6. The highest BCUT2D eigenvalue weighted by atomic mass is 32.2. The van der Waals surface area contributed by atoms with Crippen LogP contribution in [0.4, 0.5) is 0 Å². The van der Waals surface area contributed by atoms with Gasteiger partial charge < -0.3 is 5.32 Å². The molecule has 0 saturated carbocycles. The molecule has 1 aliphatic carbocycles. The smallest absolute Gasteiger partial charge is 0.227 e. The van der Waals surface area contributed by atoms with Crippen LogP contribution in [0, 0.1) is 12.8 Å². The molecule has 9 nitrogen and oxygen atoms in total. The second-order valence-electron chi connectivity index (χ2n) is 12.7. The molecule has 3 aromatic heterocycles. The molecule has 240 valence electrons. The van der Waals surface area contributed by atoms with Crippen molar-refractivity contribution in [2.45, 2.75) is 45.6 Å². The maximum Gasteiger partial charge on any atom is 0.227 e. The molecule has 0 radical (unpaired) electrons. The molecule has 2 aliphatic rings. The number of carbonyl (C=O) groups is 1. The van der Waals surface area contributed by atoms with Gasteiger partial charge in [-0.3, -0.25) is 9.69 Å². The summed E-state index contributed by atoms with van der Waals surface area (Å²) in [5, 5.41) is 8.62. The van der Waals surface area contributed by atoms with Crippen LogP contribution in [0.5, 0.6) is 0 Å². The van der Waals surface area contributed by atoms with E-state index in [2.05, 4.69) is 62.8 Å². The molecule has 5 aromatic rings. The van der Waals surface area contributed by atoms with Gasteiger partial charge in [0, 0.05) is 53.2 Å². The van der Waals surface area contributed by atoms with Crippen molar-refractivity contribution in [3.8, 4) is 22.4 Å². The monoisotopic (exact) mass is 646 g/mol. The van der Waals surface area contributed by atoms with Crippen molar-refractivity contribution >= 4 is 32.4 Å². The summed E-state index contributed by atoms with van der Waals surface area (Å²) in [6.45, 7) is 4.41. The van der Waals surface area contributed by atoms with Gasteiger partial charge in [0.05, 0.1) is 16.3 Å². The van der Waals surface area contributed by atoms with Gasteiger partial charge in [-0.25, -0.2) is 18.4 Å². The molecule has 1 fully saturated rings. The lowest BCUT2D eigenvalue weighted by atomic mass is 9.95. The van der Waals surface area contributed by atoms with Gasteiger partial charge in [0.2, 0.25) is 5.91 Å². The predicted octanol–water partition coefficient (Wildman–Crippen LogP) is 6.24. The lowest BCUT2D eigenvalue weighted by Gasteiger charge is -2.31. The number of carbonyl (C=O) groups excluding carboxylic acids is 1. The maximum absolute atomic E-state index is 13.1. The van der Waals surface area contributed by atoms with Crippen molar-refractivity contribution in [1.82, 2.24) is 29.8 Å². The Kier molecular flexibility index (Phi) is 8.46. The number of hydrogen-bond acceptors (Lipinski definition) is 7. The number of allylic oxidation sites excluding steroid dienone is 3. The molecule has 10 heteroatoms. The van der Waals surface area contributed by atoms with E-state index in [9.17, 15) is 13.2 Å². The van der Waals surface area contributed by atoms with Crippen LogP contribution in [0.3, 0.4) is 0 Å². The summed E-state index contributed by atoms with van der Waals surface area (Å²) in [6.07, 6.45) is 10.2. The van der Waals surface area contributed by atoms with Gasteiger partial charge in [0.15, 0.2) is 21.1 Å². The number of aryl methyl sites for hydroxylation is 1. The summed E-state index contributed by atoms with van der Waals surface area (Å²) >= 11 is 0. The number of nitrogens with one attached hydrogen (secondary N) is 1. The van der Waals surface area contributed by atoms with E-state index in [1.165, 1.54) is 11.8 Å². The normalized spacial score (nSPS) is 16.6. The Morgan fingerprint density at radius 2 is 1.77 bits per heavy atom. The molecule has 47 heavy (non-hydrogen) atoms. The summed E-state index contributed by atoms with van der Waals surface area (Å²) in [5.41, 5.74) is 8.40. The van der Waals surface area contributed by atoms with Crippen LogP contribution in [-0.2, 0) is 21.2 Å². The Labute approximate surface area is 275 Å². The third kappa shape index (κ3) is 6.75. The SMILES string of the molecule is Cc1cc2ncc3cc(-c4ccccc4)c(-c4ccc(CN5CCC(C(=O)NC6=CC(S(C)(=O)=O)=CCCC6)CC5)cc4)nc3n2n1. The Balaban J connectivity index is 1.05. The van der Waals surface area contributed by atoms with Crippen LogP contribution in [0.2, 0.25) is 0 Å². The van der Waals surface area contributed by atoms with Crippen LogP contribution in [0.15, 0.2) is 95.7 Å². The fraction of sp³-hybridized carbons (Fsp3) is 0.297. The molecule has 0 unspecified atom stereocenters. The van der Waals surface area contributed by atoms with E-state index in [1.54, 1.807) is 12.2 Å². The first-order valence-corrected chi connectivity index (χ1v) is 18.1. The molecule has 1 amide bonds. The number of fused-ring (bicyclic) bond motifs is 3. The number of aromatic nitrogens is 4. The molecule has 2 aromatic carbocycles. The van der Waals surface area contributed by atoms with Gasteiger partial charge in [0.25, 0.3) is 0 Å². The quantitative estimate of drug-likeness (QED) is 0.223. The molecule has 1 N–H and O–H groups in total. The summed E-state index contributed by atoms with van der Waals surface area (Å²) in [6, 6.07) is 23.0. The van der Waals surface area contributed by atoms with Crippen molar-refractivity contribution in [2.75, 3.05) is 19.3 Å². The van der Waals surface area contributed by atoms with Crippen LogP contribution >= 0.6 is 0 Å². The number of piperidine rings is 1. The number of nitrogens with zero attached hydrogens (tertiary/aromatic N) is 5. The highest BCUT2D eigenvalue weighted by Gasteiger charge is 2.26. The Morgan fingerprint density at radius 3 is 2.51 bits per heavy atom. The molecule has 4 heterocycles. The fourth-order valence-corrected chi connectivity index (χ4v) is 7.32. The number of amides is 1. The average molecular weight is 647 g/mol. The van der Waals surface area contributed by atoms with Crippen LogP contribution in [-0.4, -0.2) is 58.2 Å². The first-order valence-electron chi connectivity index (χ1n) is 16.2. The minimum Gasteiger partial charge on any atom is -0.330 e. The second-order valence-corrected chi connectivity index (χ2v) is 14.7. The summed E-state index contributed by atoms with van der Waals surface area (Å²) in [7, 11) is -3.31. The first-order chi connectivity index (χ1) is 22.7. The van der Waals surface area contributed by atoms with Gasteiger partial charge >= 0.3 is 0 Å². The van der Waals surface area contributed by atoms with Crippen molar-refractivity contribution in [2.24, 2.45) is 5.92 Å². The zero-order valence-corrected chi connectivity index (χ0v) is 27.5. The molecular formula is C37H38N6O3S. The van der Waals surface area contributed by atoms with Gasteiger partial charge in [0.1, 0.15) is 0 Å². The molecule has 1 saturated heterocycles. The highest BCUT2D eigenvalue weighted by Crippen LogP contribution is 2.34. The molecular weight excluding hydrogens is 609 g/mol. The zero-order chi connectivity index (χ0) is 32.5. The van der Waals surface area contributed by atoms with Crippen LogP contribution in [0.1, 0.15) is 43.4 Å². The van der Waals surface area contributed by atoms with E-state index in [0.717, 1.165) is 83.7 Å². The van der Waals surface area contributed by atoms with Gasteiger partial charge in [-0.15, -0.1) is 0 Å². The third-order valence-corrected chi connectivity index (χ3v) is 10.2. The number of pyridine rings is 1. The van der Waals surface area contributed by atoms with E-state index < -0.39 is 9.84 Å². The average Bonchev–Trinajstić information content (AvgIpc) is 3.30. The highest BCUT2D eigenvalue weighted by molar-refractivity contribution is 7.94. The fourth-order valence-electron chi connectivity index (χ4n) is 6.55. The van der Waals surface area contributed by atoms with E-state index in [1.807, 2.05) is 41.9 Å². The lowest BCUT2D eigenvalue weighted by molar-refractivity contribution is -0.125. The lowest BCUT2D eigenvalue weighted by Crippen LogP contribution is -2.40. The zero-order valence-electron chi connectivity index (χ0n) is 26.7. The Bertz CT molecular complexity index is 2130. The van der Waals surface area contributed by atoms with E-state index in [-0.39, 0.29) is 11.8 Å². The predicted molar refractivity (Wildman–Crippen MR) is 185 cm³/mol. The minimum absolute atomic E-state index is 0.00885. The number of sulfone groups is 1. The van der Waals surface area contributed by atoms with Gasteiger partial charge in [-0.2, -0.15) is 9.61 Å². The van der Waals surface area contributed by atoms with Crippen molar-refractivity contribution < 1.29 is 13.2 Å². The number of hydrogen-bond donors (Lipinski definition) is 1. The number of rotatable bonds is 7. The molecule has 1 aliphatic heterocycles. The first kappa shape index (κ1) is 31.0. The topological polar surface area (TPSA) is 110 Å². The van der Waals surface area contributed by atoms with Crippen molar-refractivity contribution in [3.63, 3.8) is 0 Å². The summed E-state index contributed by atoms with van der Waals surface area (Å²) in [5.74, 6) is -0.0930. The minimum atomic E-state index is -3.31. The molecule has 0 bridgehead atoms. The van der Waals surface area contributed by atoms with E-state index in [4.69, 9.17) is 4.98 Å². The second kappa shape index (κ2) is 12.8. The van der Waals surface area contributed by atoms with Gasteiger partial charge in [-0.1, -0.05) is 60.7 Å². The van der Waals surface area contributed by atoms with E-state index in [0.29, 0.717) is 23.4 Å². The molecule has 7 rings (SSSR count).